The van der Waals surface area contributed by atoms with Crippen molar-refractivity contribution in [3.8, 4) is 0 Å². The van der Waals surface area contributed by atoms with Gasteiger partial charge < -0.3 is 11.1 Å². The van der Waals surface area contributed by atoms with E-state index in [4.69, 9.17) is 18.0 Å². The van der Waals surface area contributed by atoms with Crippen LogP contribution in [0.2, 0.25) is 0 Å². The second kappa shape index (κ2) is 6.81. The molecule has 0 aliphatic rings. The van der Waals surface area contributed by atoms with Crippen molar-refractivity contribution in [1.82, 2.24) is 0 Å². The first kappa shape index (κ1) is 14.3. The molecule has 0 amide bonds. The van der Waals surface area contributed by atoms with E-state index in [9.17, 15) is 4.39 Å². The number of hydrogen-bond acceptors (Lipinski definition) is 3. The first-order valence-corrected chi connectivity index (χ1v) is 7.20. The van der Waals surface area contributed by atoms with Gasteiger partial charge in [0.1, 0.15) is 10.8 Å². The van der Waals surface area contributed by atoms with Crippen LogP contribution in [0.1, 0.15) is 18.9 Å². The molecule has 0 spiro atoms. The van der Waals surface area contributed by atoms with E-state index in [1.165, 1.54) is 6.07 Å². The maximum Gasteiger partial charge on any atom is 0.135 e. The third-order valence-electron chi connectivity index (χ3n) is 2.42. The van der Waals surface area contributed by atoms with E-state index >= 15 is 0 Å². The molecule has 2 nitrogen and oxygen atoms in total. The predicted octanol–water partition coefficient (Wildman–Crippen LogP) is 3.01. The van der Waals surface area contributed by atoms with Crippen molar-refractivity contribution >= 4 is 34.7 Å². The summed E-state index contributed by atoms with van der Waals surface area (Å²) in [6, 6.07) is 5.08. The van der Waals surface area contributed by atoms with Gasteiger partial charge in [0.05, 0.1) is 5.56 Å². The summed E-state index contributed by atoms with van der Waals surface area (Å²) in [5.74, 6) is 0.686. The highest BCUT2D eigenvalue weighted by Crippen LogP contribution is 2.20. The average molecular weight is 272 g/mol. The fourth-order valence-corrected chi connectivity index (χ4v) is 2.32. The highest BCUT2D eigenvalue weighted by Gasteiger charge is 2.12. The molecule has 1 unspecified atom stereocenters. The Balaban J connectivity index is 2.83. The molecule has 1 atom stereocenters. The zero-order chi connectivity index (χ0) is 12.8. The Morgan fingerprint density at radius 1 is 1.59 bits per heavy atom. The maximum atomic E-state index is 13.6. The Hall–Kier alpha value is -0.810. The van der Waals surface area contributed by atoms with Crippen LogP contribution in [-0.4, -0.2) is 23.0 Å². The Morgan fingerprint density at radius 3 is 2.88 bits per heavy atom. The largest absolute Gasteiger partial charge is 0.389 e. The Bertz CT molecular complexity index is 396. The molecule has 0 aliphatic carbocycles. The molecule has 0 aliphatic heterocycles. The first-order valence-electron chi connectivity index (χ1n) is 5.40. The number of benzene rings is 1. The fraction of sp³-hybridized carbons (Fsp3) is 0.417. The van der Waals surface area contributed by atoms with Gasteiger partial charge >= 0.3 is 0 Å². The number of halogens is 1. The number of thiocarbonyl (C=S) groups is 1. The second-order valence-electron chi connectivity index (χ2n) is 3.85. The molecule has 0 radical (unpaired) electrons. The molecule has 17 heavy (non-hydrogen) atoms. The number of hydrogen-bond donors (Lipinski definition) is 2. The van der Waals surface area contributed by atoms with E-state index < -0.39 is 0 Å². The molecule has 1 aromatic carbocycles. The van der Waals surface area contributed by atoms with Gasteiger partial charge in [0.15, 0.2) is 0 Å². The minimum absolute atomic E-state index is 0.0858. The predicted molar refractivity (Wildman–Crippen MR) is 78.4 cm³/mol. The number of rotatable bonds is 6. The number of anilines is 1. The quantitative estimate of drug-likeness (QED) is 0.781. The molecule has 1 aromatic rings. The minimum Gasteiger partial charge on any atom is -0.389 e. The van der Waals surface area contributed by atoms with E-state index in [1.807, 2.05) is 0 Å². The van der Waals surface area contributed by atoms with Crippen LogP contribution in [0.3, 0.4) is 0 Å². The molecular formula is C12H17FN2S2. The molecule has 0 aromatic heterocycles. The van der Waals surface area contributed by atoms with Gasteiger partial charge in [-0.1, -0.05) is 18.3 Å². The zero-order valence-corrected chi connectivity index (χ0v) is 11.6. The lowest BCUT2D eigenvalue weighted by molar-refractivity contribution is 0.625. The molecule has 0 saturated heterocycles. The summed E-state index contributed by atoms with van der Waals surface area (Å²) in [5, 5.41) is 3.25. The summed E-state index contributed by atoms with van der Waals surface area (Å²) in [6.45, 7) is 2.06. The highest BCUT2D eigenvalue weighted by atomic mass is 32.2. The summed E-state index contributed by atoms with van der Waals surface area (Å²) >= 11 is 6.66. The second-order valence-corrected chi connectivity index (χ2v) is 5.28. The molecule has 0 fully saturated rings. The first-order chi connectivity index (χ1) is 8.06. The maximum absolute atomic E-state index is 13.6. The van der Waals surface area contributed by atoms with E-state index in [-0.39, 0.29) is 16.8 Å². The summed E-state index contributed by atoms with van der Waals surface area (Å²) in [7, 11) is 0. The molecule has 5 heteroatoms. The fourth-order valence-electron chi connectivity index (χ4n) is 1.53. The van der Waals surface area contributed by atoms with Gasteiger partial charge in [0.25, 0.3) is 0 Å². The van der Waals surface area contributed by atoms with Gasteiger partial charge in [-0.25, -0.2) is 4.39 Å². The summed E-state index contributed by atoms with van der Waals surface area (Å²) in [5.41, 5.74) is 6.52. The third-order valence-corrected chi connectivity index (χ3v) is 3.26. The van der Waals surface area contributed by atoms with Gasteiger partial charge in [0.2, 0.25) is 0 Å². The van der Waals surface area contributed by atoms with Crippen LogP contribution < -0.4 is 11.1 Å². The van der Waals surface area contributed by atoms with Gasteiger partial charge in [-0.2, -0.15) is 11.8 Å². The smallest absolute Gasteiger partial charge is 0.135 e. The monoisotopic (exact) mass is 272 g/mol. The van der Waals surface area contributed by atoms with Crippen molar-refractivity contribution in [1.29, 1.82) is 0 Å². The van der Waals surface area contributed by atoms with Crippen molar-refractivity contribution < 1.29 is 4.39 Å². The van der Waals surface area contributed by atoms with Crippen LogP contribution >= 0.6 is 24.0 Å². The normalized spacial score (nSPS) is 12.2. The van der Waals surface area contributed by atoms with Crippen LogP contribution in [-0.2, 0) is 0 Å². The van der Waals surface area contributed by atoms with Crippen molar-refractivity contribution in [2.45, 2.75) is 19.4 Å². The Morgan fingerprint density at radius 2 is 2.29 bits per heavy atom. The molecular weight excluding hydrogens is 255 g/mol. The lowest BCUT2D eigenvalue weighted by Gasteiger charge is -2.17. The van der Waals surface area contributed by atoms with Crippen LogP contribution in [0.25, 0.3) is 0 Å². The molecule has 1 rings (SSSR count). The lowest BCUT2D eigenvalue weighted by atomic mass is 10.1. The van der Waals surface area contributed by atoms with Crippen LogP contribution in [0, 0.1) is 5.82 Å². The minimum atomic E-state index is -0.375. The Labute approximate surface area is 111 Å². The number of thioether (sulfide) groups is 1. The van der Waals surface area contributed by atoms with E-state index in [1.54, 1.807) is 23.9 Å². The van der Waals surface area contributed by atoms with Crippen LogP contribution in [0.5, 0.6) is 0 Å². The standard InChI is InChI=1S/C12H17FN2S2/c1-8(6-7-17-2)15-10-5-3-4-9(13)11(10)12(14)16/h3-5,8,15H,6-7H2,1-2H3,(H2,14,16). The van der Waals surface area contributed by atoms with Crippen molar-refractivity contribution in [3.05, 3.63) is 29.6 Å². The lowest BCUT2D eigenvalue weighted by Crippen LogP contribution is -2.21. The molecule has 0 bridgehead atoms. The van der Waals surface area contributed by atoms with Crippen molar-refractivity contribution in [2.24, 2.45) is 5.73 Å². The third kappa shape index (κ3) is 4.16. The Kier molecular flexibility index (Phi) is 5.71. The van der Waals surface area contributed by atoms with Gasteiger partial charge in [-0.3, -0.25) is 0 Å². The van der Waals surface area contributed by atoms with Crippen LogP contribution in [0.4, 0.5) is 10.1 Å². The number of nitrogens with one attached hydrogen (secondary N) is 1. The van der Waals surface area contributed by atoms with Gasteiger partial charge in [0, 0.05) is 11.7 Å². The number of nitrogens with two attached hydrogens (primary N) is 1. The summed E-state index contributed by atoms with van der Waals surface area (Å²) in [6.07, 6.45) is 3.07. The molecule has 3 N–H and O–H groups in total. The highest BCUT2D eigenvalue weighted by molar-refractivity contribution is 7.98. The zero-order valence-electron chi connectivity index (χ0n) is 10.00. The van der Waals surface area contributed by atoms with Gasteiger partial charge in [-0.05, 0) is 37.5 Å². The van der Waals surface area contributed by atoms with E-state index in [2.05, 4.69) is 18.5 Å². The van der Waals surface area contributed by atoms with Crippen LogP contribution in [0.15, 0.2) is 18.2 Å². The molecule has 94 valence electrons. The molecule has 0 heterocycles. The average Bonchev–Trinajstić information content (AvgIpc) is 2.25. The summed E-state index contributed by atoms with van der Waals surface area (Å²) in [4.78, 5) is 0.0858. The van der Waals surface area contributed by atoms with Crippen molar-refractivity contribution in [3.63, 3.8) is 0 Å². The topological polar surface area (TPSA) is 38.0 Å². The van der Waals surface area contributed by atoms with E-state index in [0.717, 1.165) is 12.2 Å². The summed E-state index contributed by atoms with van der Waals surface area (Å²) < 4.78 is 13.6. The van der Waals surface area contributed by atoms with E-state index in [0.29, 0.717) is 11.3 Å². The SMILES string of the molecule is CSCCC(C)Nc1cccc(F)c1C(N)=S. The van der Waals surface area contributed by atoms with Crippen molar-refractivity contribution in [2.75, 3.05) is 17.3 Å². The molecule has 0 saturated carbocycles. The van der Waals surface area contributed by atoms with Gasteiger partial charge in [-0.15, -0.1) is 0 Å².